The van der Waals surface area contributed by atoms with Gasteiger partial charge in [0.25, 0.3) is 0 Å². The van der Waals surface area contributed by atoms with E-state index >= 15 is 0 Å². The number of nitrogens with zero attached hydrogens (tertiary/aromatic N) is 3. The second-order valence-electron chi connectivity index (χ2n) is 6.78. The summed E-state index contributed by atoms with van der Waals surface area (Å²) in [4.78, 5) is 35.0. The molecule has 2 aliphatic rings. The largest absolute Gasteiger partial charge is 0.346 e. The van der Waals surface area contributed by atoms with Crippen molar-refractivity contribution in [2.45, 2.75) is 32.2 Å². The average Bonchev–Trinajstić information content (AvgIpc) is 3.42. The van der Waals surface area contributed by atoms with Crippen molar-refractivity contribution in [1.82, 2.24) is 19.6 Å². The first-order chi connectivity index (χ1) is 13.2. The van der Waals surface area contributed by atoms with Crippen molar-refractivity contribution in [3.8, 4) is 0 Å². The average molecular weight is 385 g/mol. The molecule has 1 saturated carbocycles. The normalized spacial score (nSPS) is 16.9. The monoisotopic (exact) mass is 385 g/mol. The number of rotatable bonds is 6. The fourth-order valence-electron chi connectivity index (χ4n) is 3.40. The predicted octanol–water partition coefficient (Wildman–Crippen LogP) is 3.15. The lowest BCUT2D eigenvalue weighted by Crippen LogP contribution is -2.39. The summed E-state index contributed by atoms with van der Waals surface area (Å²) < 4.78 is 2.85. The van der Waals surface area contributed by atoms with Gasteiger partial charge in [0, 0.05) is 36.5 Å². The van der Waals surface area contributed by atoms with Gasteiger partial charge >= 0.3 is 6.03 Å². The van der Waals surface area contributed by atoms with Gasteiger partial charge in [-0.25, -0.2) is 9.78 Å². The third-order valence-electron chi connectivity index (χ3n) is 4.98. The lowest BCUT2D eigenvalue weighted by molar-refractivity contribution is -0.107. The Balaban J connectivity index is 1.61. The van der Waals surface area contributed by atoms with E-state index in [0.717, 1.165) is 48.0 Å². The molecule has 2 N–H and O–H groups in total. The van der Waals surface area contributed by atoms with E-state index in [4.69, 9.17) is 0 Å². The van der Waals surface area contributed by atoms with Crippen molar-refractivity contribution in [1.29, 1.82) is 0 Å². The number of urea groups is 1. The minimum Gasteiger partial charge on any atom is -0.346 e. The first-order valence-corrected chi connectivity index (χ1v) is 10.3. The maximum absolute atomic E-state index is 12.1. The lowest BCUT2D eigenvalue weighted by atomic mass is 9.97. The molecule has 0 saturated heterocycles. The molecule has 0 bridgehead atoms. The van der Waals surface area contributed by atoms with E-state index in [1.807, 2.05) is 30.2 Å². The number of hydrogen-bond donors (Lipinski definition) is 2. The molecule has 2 aromatic rings. The molecule has 4 rings (SSSR count). The van der Waals surface area contributed by atoms with E-state index in [0.29, 0.717) is 18.9 Å². The zero-order chi connectivity index (χ0) is 18.8. The Morgan fingerprint density at radius 1 is 1.52 bits per heavy atom. The van der Waals surface area contributed by atoms with Crippen LogP contribution in [0.3, 0.4) is 0 Å². The number of nitrogens with one attached hydrogen (secondary N) is 2. The first kappa shape index (κ1) is 17.9. The molecule has 1 fully saturated rings. The van der Waals surface area contributed by atoms with Gasteiger partial charge in [-0.05, 0) is 54.5 Å². The van der Waals surface area contributed by atoms with Crippen LogP contribution in [0.4, 0.5) is 10.6 Å². The summed E-state index contributed by atoms with van der Waals surface area (Å²) in [7, 11) is 0. The van der Waals surface area contributed by atoms with Crippen LogP contribution in [-0.4, -0.2) is 52.2 Å². The highest BCUT2D eigenvalue weighted by Gasteiger charge is 2.31. The number of anilines is 1. The topological polar surface area (TPSA) is 81.3 Å². The molecule has 3 amide bonds. The van der Waals surface area contributed by atoms with Gasteiger partial charge in [-0.2, -0.15) is 0 Å². The third kappa shape index (κ3) is 3.66. The second kappa shape index (κ2) is 7.64. The van der Waals surface area contributed by atoms with Crippen molar-refractivity contribution >= 4 is 46.8 Å². The summed E-state index contributed by atoms with van der Waals surface area (Å²) in [5.74, 6) is 1.54. The van der Waals surface area contributed by atoms with Crippen molar-refractivity contribution < 1.29 is 9.59 Å². The Kier molecular flexibility index (Phi) is 5.07. The minimum atomic E-state index is -0.0415. The van der Waals surface area contributed by atoms with Gasteiger partial charge in [-0.1, -0.05) is 13.0 Å². The number of H-pyrrole nitrogens is 1. The highest BCUT2D eigenvalue weighted by atomic mass is 32.2. The highest BCUT2D eigenvalue weighted by Crippen LogP contribution is 2.35. The van der Waals surface area contributed by atoms with Gasteiger partial charge in [0.05, 0.1) is 0 Å². The molecular weight excluding hydrogens is 362 g/mol. The maximum atomic E-state index is 12.1. The van der Waals surface area contributed by atoms with Crippen molar-refractivity contribution in [3.05, 3.63) is 30.0 Å². The highest BCUT2D eigenvalue weighted by molar-refractivity contribution is 7.97. The quantitative estimate of drug-likeness (QED) is 0.591. The molecule has 2 aromatic heterocycles. The van der Waals surface area contributed by atoms with Crippen LogP contribution in [0.15, 0.2) is 24.4 Å². The number of carbonyl (C=O) groups excluding carboxylic acids is 2. The van der Waals surface area contributed by atoms with Crippen LogP contribution in [-0.2, 0) is 4.79 Å². The van der Waals surface area contributed by atoms with E-state index in [1.165, 1.54) is 17.5 Å². The summed E-state index contributed by atoms with van der Waals surface area (Å²) in [6.07, 6.45) is 7.69. The summed E-state index contributed by atoms with van der Waals surface area (Å²) in [5, 5.41) is 1.05. The molecule has 8 heteroatoms. The van der Waals surface area contributed by atoms with E-state index in [9.17, 15) is 9.59 Å². The zero-order valence-corrected chi connectivity index (χ0v) is 16.1. The molecule has 27 heavy (non-hydrogen) atoms. The van der Waals surface area contributed by atoms with Crippen LogP contribution in [0.5, 0.6) is 0 Å². The molecule has 0 spiro atoms. The molecule has 1 aliphatic carbocycles. The lowest BCUT2D eigenvalue weighted by Gasteiger charge is -2.27. The Bertz CT molecular complexity index is 889. The zero-order valence-electron chi connectivity index (χ0n) is 15.3. The first-order valence-electron chi connectivity index (χ1n) is 9.29. The predicted molar refractivity (Wildman–Crippen MR) is 108 cm³/mol. The van der Waals surface area contributed by atoms with Crippen LogP contribution >= 0.6 is 11.9 Å². The fourth-order valence-corrected chi connectivity index (χ4v) is 3.80. The molecule has 142 valence electrons. The number of fused-ring (bicyclic) bond motifs is 1. The summed E-state index contributed by atoms with van der Waals surface area (Å²) in [6.45, 7) is 3.26. The Morgan fingerprint density at radius 2 is 2.37 bits per heavy atom. The molecule has 0 atom stereocenters. The van der Waals surface area contributed by atoms with Gasteiger partial charge in [0.1, 0.15) is 11.5 Å². The SMILES string of the molecule is CCSNC(=O)N1CC=C(c2cc(N(C=O)C3CC3)nc3[nH]ccc23)CC1. The molecule has 1 aliphatic heterocycles. The molecule has 0 aromatic carbocycles. The van der Waals surface area contributed by atoms with Crippen LogP contribution in [0, 0.1) is 0 Å². The third-order valence-corrected chi connectivity index (χ3v) is 5.59. The van der Waals surface area contributed by atoms with Crippen LogP contribution in [0.2, 0.25) is 0 Å². The van der Waals surface area contributed by atoms with Crippen molar-refractivity contribution in [3.63, 3.8) is 0 Å². The van der Waals surface area contributed by atoms with Crippen molar-refractivity contribution in [2.24, 2.45) is 0 Å². The number of aromatic nitrogens is 2. The Morgan fingerprint density at radius 3 is 3.04 bits per heavy atom. The minimum absolute atomic E-state index is 0.0415. The standard InChI is InChI=1S/C19H23N5O2S/c1-2-27-22-19(26)23-9-6-13(7-10-23)16-11-17(24(12-25)14-3-4-14)21-18-15(16)5-8-20-18/h5-6,8,11-12,14H,2-4,7,9-10H2,1H3,(H,20,21)(H,22,26). The summed E-state index contributed by atoms with van der Waals surface area (Å²) in [5.41, 5.74) is 3.07. The second-order valence-corrected chi connectivity index (χ2v) is 7.85. The molecule has 3 heterocycles. The summed E-state index contributed by atoms with van der Waals surface area (Å²) >= 11 is 1.41. The van der Waals surface area contributed by atoms with Gasteiger partial charge in [-0.15, -0.1) is 0 Å². The number of pyridine rings is 1. The number of amides is 3. The van der Waals surface area contributed by atoms with Crippen LogP contribution < -0.4 is 9.62 Å². The number of aromatic amines is 1. The Hall–Kier alpha value is -2.48. The smallest absolute Gasteiger partial charge is 0.327 e. The van der Waals surface area contributed by atoms with Gasteiger partial charge in [0.15, 0.2) is 0 Å². The van der Waals surface area contributed by atoms with E-state index < -0.39 is 0 Å². The molecule has 0 radical (unpaired) electrons. The number of hydrogen-bond acceptors (Lipinski definition) is 4. The fraction of sp³-hybridized carbons (Fsp3) is 0.421. The van der Waals surface area contributed by atoms with Crippen LogP contribution in [0.1, 0.15) is 31.7 Å². The molecule has 7 nitrogen and oxygen atoms in total. The van der Waals surface area contributed by atoms with Gasteiger partial charge in [0.2, 0.25) is 6.41 Å². The molecule has 0 unspecified atom stereocenters. The van der Waals surface area contributed by atoms with E-state index in [2.05, 4.69) is 20.8 Å². The van der Waals surface area contributed by atoms with Gasteiger partial charge < -0.3 is 9.88 Å². The van der Waals surface area contributed by atoms with Crippen molar-refractivity contribution in [2.75, 3.05) is 23.7 Å². The van der Waals surface area contributed by atoms with Gasteiger partial charge in [-0.3, -0.25) is 14.4 Å². The molecular formula is C19H23N5O2S. The van der Waals surface area contributed by atoms with Crippen LogP contribution in [0.25, 0.3) is 16.6 Å². The van der Waals surface area contributed by atoms with E-state index in [-0.39, 0.29) is 12.1 Å². The maximum Gasteiger partial charge on any atom is 0.327 e. The Labute approximate surface area is 162 Å². The number of carbonyl (C=O) groups is 2. The van der Waals surface area contributed by atoms with E-state index in [1.54, 1.807) is 4.90 Å². The summed E-state index contributed by atoms with van der Waals surface area (Å²) in [6, 6.07) is 4.25.